The molecule has 2 rings (SSSR count). The van der Waals surface area contributed by atoms with Crippen LogP contribution in [0, 0.1) is 0 Å². The summed E-state index contributed by atoms with van der Waals surface area (Å²) < 4.78 is 59.4. The fraction of sp³-hybridized carbons (Fsp3) is 0.538. The van der Waals surface area contributed by atoms with Crippen molar-refractivity contribution in [2.24, 2.45) is 0 Å². The van der Waals surface area contributed by atoms with Crippen LogP contribution in [0.1, 0.15) is 65.5 Å². The van der Waals surface area contributed by atoms with Gasteiger partial charge < -0.3 is 45.5 Å². The fourth-order valence-electron chi connectivity index (χ4n) is 6.15. The molecule has 0 N–H and O–H groups in total. The molecule has 0 aliphatic rings. The van der Waals surface area contributed by atoms with Crippen molar-refractivity contribution in [2.75, 3.05) is 67.1 Å². The third kappa shape index (κ3) is 11.8. The van der Waals surface area contributed by atoms with E-state index >= 15 is 0 Å². The van der Waals surface area contributed by atoms with E-state index in [4.69, 9.17) is 45.5 Å². The molecule has 0 heterocycles. The van der Waals surface area contributed by atoms with Gasteiger partial charge in [-0.15, -0.1) is 0 Å². The lowest BCUT2D eigenvalue weighted by molar-refractivity contribution is -0.128. The topological polar surface area (TPSA) is 126 Å². The van der Waals surface area contributed by atoms with E-state index in [2.05, 4.69) is 13.2 Å². The van der Waals surface area contributed by atoms with Gasteiger partial charge in [-0.25, -0.2) is 0 Å². The van der Waals surface area contributed by atoms with Crippen molar-refractivity contribution in [1.29, 1.82) is 0 Å². The minimum Gasteiger partial charge on any atom is -0.493 e. The zero-order valence-corrected chi connectivity index (χ0v) is 34.9. The smallest absolute Gasteiger partial charge is 0.493 e. The summed E-state index contributed by atoms with van der Waals surface area (Å²) in [4.78, 5) is 27.9. The quantitative estimate of drug-likeness (QED) is 0.0347. The van der Waals surface area contributed by atoms with Crippen LogP contribution in [-0.2, 0) is 41.6 Å². The van der Waals surface area contributed by atoms with Crippen molar-refractivity contribution in [3.8, 4) is 23.0 Å². The van der Waals surface area contributed by atoms with Gasteiger partial charge in [0.1, 0.15) is 5.41 Å². The summed E-state index contributed by atoms with van der Waals surface area (Å²) in [5, 5.41) is 0. The zero-order valence-electron chi connectivity index (χ0n) is 32.9. The first-order valence-electron chi connectivity index (χ1n) is 18.4. The SMILES string of the molecule is C=CC(=O)C(C(=O)C=C)(c1ccc(OCCC[Si](OCC)(OCC)OCC)c(OC)c1)c1ccc(OCCC[Si](OCC)(OCC)OCC)c(OC)c1. The Labute approximate surface area is 318 Å². The van der Waals surface area contributed by atoms with E-state index in [-0.39, 0.29) is 0 Å². The normalized spacial score (nSPS) is 11.9. The summed E-state index contributed by atoms with van der Waals surface area (Å²) in [6.07, 6.45) is 3.47. The van der Waals surface area contributed by atoms with Crippen molar-refractivity contribution < 1.29 is 55.1 Å². The summed E-state index contributed by atoms with van der Waals surface area (Å²) >= 11 is 0. The van der Waals surface area contributed by atoms with Crippen LogP contribution in [0.25, 0.3) is 0 Å². The molecular formula is C39H60O12Si2. The molecule has 0 aromatic heterocycles. The average molecular weight is 777 g/mol. The molecule has 53 heavy (non-hydrogen) atoms. The van der Waals surface area contributed by atoms with Crippen LogP contribution >= 0.6 is 0 Å². The van der Waals surface area contributed by atoms with Crippen LogP contribution in [0.2, 0.25) is 12.1 Å². The number of hydrogen-bond acceptors (Lipinski definition) is 12. The van der Waals surface area contributed by atoms with E-state index in [0.717, 1.165) is 12.2 Å². The van der Waals surface area contributed by atoms with Crippen molar-refractivity contribution in [2.45, 2.75) is 71.9 Å². The number of hydrogen-bond donors (Lipinski definition) is 0. The van der Waals surface area contributed by atoms with Gasteiger partial charge in [-0.1, -0.05) is 25.3 Å². The molecule has 0 atom stereocenters. The maximum atomic E-state index is 13.9. The number of ketones is 2. The van der Waals surface area contributed by atoms with Crippen LogP contribution in [0.5, 0.6) is 23.0 Å². The van der Waals surface area contributed by atoms with E-state index in [9.17, 15) is 9.59 Å². The highest BCUT2D eigenvalue weighted by Crippen LogP contribution is 2.43. The summed E-state index contributed by atoms with van der Waals surface area (Å²) in [6, 6.07) is 11.1. The molecule has 0 unspecified atom stereocenters. The molecule has 0 aliphatic carbocycles. The maximum absolute atomic E-state index is 13.9. The lowest BCUT2D eigenvalue weighted by atomic mass is 9.68. The number of benzene rings is 2. The van der Waals surface area contributed by atoms with Crippen molar-refractivity contribution >= 4 is 29.2 Å². The van der Waals surface area contributed by atoms with Gasteiger partial charge >= 0.3 is 17.6 Å². The monoisotopic (exact) mass is 776 g/mol. The Morgan fingerprint density at radius 3 is 1.15 bits per heavy atom. The Morgan fingerprint density at radius 2 is 0.887 bits per heavy atom. The van der Waals surface area contributed by atoms with Crippen molar-refractivity contribution in [3.63, 3.8) is 0 Å². The van der Waals surface area contributed by atoms with Crippen molar-refractivity contribution in [3.05, 3.63) is 72.8 Å². The van der Waals surface area contributed by atoms with Gasteiger partial charge in [-0.3, -0.25) is 9.59 Å². The molecule has 2 aromatic carbocycles. The van der Waals surface area contributed by atoms with E-state index in [1.807, 2.05) is 41.5 Å². The van der Waals surface area contributed by atoms with Gasteiger partial charge in [0.15, 0.2) is 34.6 Å². The Balaban J connectivity index is 2.44. The number of carbonyl (C=O) groups excluding carboxylic acids is 2. The van der Waals surface area contributed by atoms with Gasteiger partial charge in [0.05, 0.1) is 27.4 Å². The number of methoxy groups -OCH3 is 2. The van der Waals surface area contributed by atoms with Crippen LogP contribution in [0.15, 0.2) is 61.7 Å². The first-order valence-corrected chi connectivity index (χ1v) is 22.3. The standard InChI is InChI=1S/C39H60O12Si2/c1-11-37(40)39(38(41)12-2,31-21-23-33(35(29-31)42-9)44-25-19-27-52(46-13-3,47-14-4)48-15-5)32-22-24-34(36(30-32)43-10)45-26-20-28-53(49-16-6,50-17-7)51-18-8/h11-12,21-24,29-30H,1-2,13-20,25-28H2,3-10H3. The molecule has 2 aromatic rings. The fourth-order valence-corrected chi connectivity index (χ4v) is 11.3. The Bertz CT molecular complexity index is 1310. The van der Waals surface area contributed by atoms with Gasteiger partial charge in [0.2, 0.25) is 0 Å². The molecule has 14 heteroatoms. The zero-order chi connectivity index (χ0) is 39.3. The van der Waals surface area contributed by atoms with Gasteiger partial charge in [0, 0.05) is 51.7 Å². The van der Waals surface area contributed by atoms with Crippen LogP contribution in [0.3, 0.4) is 0 Å². The Kier molecular flexibility index (Phi) is 20.3. The van der Waals surface area contributed by atoms with Crippen LogP contribution < -0.4 is 18.9 Å². The van der Waals surface area contributed by atoms with Gasteiger partial charge in [0.25, 0.3) is 0 Å². The predicted molar refractivity (Wildman–Crippen MR) is 208 cm³/mol. The molecule has 296 valence electrons. The largest absolute Gasteiger partial charge is 0.501 e. The molecule has 0 saturated carbocycles. The number of ether oxygens (including phenoxy) is 4. The molecule has 0 spiro atoms. The lowest BCUT2D eigenvalue weighted by Crippen LogP contribution is -2.46. The molecule has 0 fully saturated rings. The molecule has 0 bridgehead atoms. The number of rotatable bonds is 30. The molecule has 0 saturated heterocycles. The Hall–Kier alpha value is -3.35. The molecule has 0 aliphatic heterocycles. The predicted octanol–water partition coefficient (Wildman–Crippen LogP) is 7.13. The second-order valence-electron chi connectivity index (χ2n) is 11.5. The van der Waals surface area contributed by atoms with Crippen LogP contribution in [0.4, 0.5) is 0 Å². The van der Waals surface area contributed by atoms with E-state index in [1.165, 1.54) is 14.2 Å². The van der Waals surface area contributed by atoms with E-state index < -0.39 is 34.6 Å². The van der Waals surface area contributed by atoms with Gasteiger partial charge in [-0.2, -0.15) is 0 Å². The molecule has 0 amide bonds. The summed E-state index contributed by atoms with van der Waals surface area (Å²) in [5.41, 5.74) is -1.17. The van der Waals surface area contributed by atoms with E-state index in [1.54, 1.807) is 36.4 Å². The number of carbonyl (C=O) groups is 2. The minimum absolute atomic E-state index is 0.324. The average Bonchev–Trinajstić information content (AvgIpc) is 3.16. The first kappa shape index (κ1) is 45.8. The lowest BCUT2D eigenvalue weighted by Gasteiger charge is -2.31. The highest BCUT2D eigenvalue weighted by Gasteiger charge is 2.47. The second-order valence-corrected chi connectivity index (χ2v) is 17.0. The molecular weight excluding hydrogens is 717 g/mol. The molecule has 12 nitrogen and oxygen atoms in total. The summed E-state index contributed by atoms with van der Waals surface area (Å²) in [7, 11) is -2.69. The van der Waals surface area contributed by atoms with Crippen LogP contribution in [-0.4, -0.2) is 96.3 Å². The first-order chi connectivity index (χ1) is 25.6. The highest BCUT2D eigenvalue weighted by atomic mass is 28.4. The third-order valence-corrected chi connectivity index (χ3v) is 14.6. The third-order valence-electron chi connectivity index (χ3n) is 8.26. The highest BCUT2D eigenvalue weighted by molar-refractivity contribution is 6.61. The van der Waals surface area contributed by atoms with E-state index in [0.29, 0.717) is 112 Å². The molecule has 0 radical (unpaired) electrons. The Morgan fingerprint density at radius 1 is 0.566 bits per heavy atom. The summed E-state index contributed by atoms with van der Waals surface area (Å²) in [5.74, 6) is 0.432. The van der Waals surface area contributed by atoms with Crippen molar-refractivity contribution in [1.82, 2.24) is 0 Å². The van der Waals surface area contributed by atoms with Gasteiger partial charge in [-0.05, 0) is 102 Å². The minimum atomic E-state index is -2.84. The number of allylic oxidation sites excluding steroid dienone is 2. The second kappa shape index (κ2) is 23.4. The maximum Gasteiger partial charge on any atom is 0.501 e. The summed E-state index contributed by atoms with van der Waals surface area (Å²) in [6.45, 7) is 22.5.